The summed E-state index contributed by atoms with van der Waals surface area (Å²) in [6.07, 6.45) is 1.38. The number of methoxy groups -OCH3 is 1. The van der Waals surface area contributed by atoms with E-state index in [-0.39, 0.29) is 11.5 Å². The van der Waals surface area contributed by atoms with E-state index >= 15 is 0 Å². The average Bonchev–Trinajstić information content (AvgIpc) is 2.74. The quantitative estimate of drug-likeness (QED) is 0.356. The molecule has 0 aromatic heterocycles. The monoisotopic (exact) mass is 478 g/mol. The number of hydrogen-bond donors (Lipinski definition) is 1. The van der Waals surface area contributed by atoms with Crippen molar-refractivity contribution in [3.05, 3.63) is 87.4 Å². The third-order valence-corrected chi connectivity index (χ3v) is 6.29. The van der Waals surface area contributed by atoms with Gasteiger partial charge in [-0.15, -0.1) is 0 Å². The van der Waals surface area contributed by atoms with Crippen LogP contribution in [-0.4, -0.2) is 21.7 Å². The smallest absolute Gasteiger partial charge is 0.276 e. The predicted octanol–water partition coefficient (Wildman–Crippen LogP) is 5.20. The summed E-state index contributed by atoms with van der Waals surface area (Å²) in [5.74, 6) is 0.935. The molecule has 0 fully saturated rings. The normalized spacial score (nSPS) is 11.5. The molecular weight excluding hydrogens is 459 g/mol. The van der Waals surface area contributed by atoms with Gasteiger partial charge in [0.2, 0.25) is 0 Å². The Morgan fingerprint density at radius 2 is 1.68 bits per heavy atom. The van der Waals surface area contributed by atoms with Crippen LogP contribution in [0.4, 0.5) is 0 Å². The van der Waals surface area contributed by atoms with Crippen LogP contribution in [0.15, 0.2) is 70.7 Å². The number of nitrogens with one attached hydrogen (secondary N) is 1. The van der Waals surface area contributed by atoms with Crippen LogP contribution >= 0.6 is 23.2 Å². The molecule has 0 saturated heterocycles. The fourth-order valence-corrected chi connectivity index (χ4v) is 3.94. The second kappa shape index (κ2) is 10.0. The highest BCUT2D eigenvalue weighted by atomic mass is 35.5. The van der Waals surface area contributed by atoms with Gasteiger partial charge in [-0.25, -0.2) is 4.83 Å². The van der Waals surface area contributed by atoms with Gasteiger partial charge in [0.1, 0.15) is 6.61 Å². The Hall–Kier alpha value is -2.74. The summed E-state index contributed by atoms with van der Waals surface area (Å²) in [4.78, 5) is 2.33. The maximum atomic E-state index is 12.3. The van der Waals surface area contributed by atoms with Gasteiger partial charge < -0.3 is 9.47 Å². The van der Waals surface area contributed by atoms with Crippen LogP contribution in [0.25, 0.3) is 0 Å². The molecule has 9 heteroatoms. The molecule has 0 bridgehead atoms. The van der Waals surface area contributed by atoms with Crippen LogP contribution in [0.3, 0.4) is 0 Å². The van der Waals surface area contributed by atoms with Gasteiger partial charge >= 0.3 is 0 Å². The first kappa shape index (κ1) is 22.9. The standard InChI is InChI=1S/C22H20Cl2N2O4S/c1-15-6-9-17(10-7-15)31(27,28)26-25-13-16-8-11-21(29-2)22(12-16)30-14-18-19(23)4-3-5-20(18)24/h3-13,26H,14H2,1-2H3/b25-13+. The maximum Gasteiger partial charge on any atom is 0.276 e. The van der Waals surface area contributed by atoms with Gasteiger partial charge in [0.15, 0.2) is 11.5 Å². The van der Waals surface area contributed by atoms with Crippen molar-refractivity contribution in [1.82, 2.24) is 4.83 Å². The Morgan fingerprint density at radius 3 is 2.32 bits per heavy atom. The highest BCUT2D eigenvalue weighted by Gasteiger charge is 2.12. The molecule has 0 aliphatic heterocycles. The summed E-state index contributed by atoms with van der Waals surface area (Å²) in [5, 5.41) is 4.84. The number of sulfonamides is 1. The third kappa shape index (κ3) is 5.91. The molecule has 0 spiro atoms. The second-order valence-electron chi connectivity index (χ2n) is 6.57. The van der Waals surface area contributed by atoms with E-state index in [2.05, 4.69) is 9.93 Å². The number of aryl methyl sites for hydroxylation is 1. The zero-order valence-electron chi connectivity index (χ0n) is 16.8. The van der Waals surface area contributed by atoms with E-state index in [1.54, 1.807) is 48.5 Å². The van der Waals surface area contributed by atoms with Gasteiger partial charge in [0.25, 0.3) is 10.0 Å². The minimum absolute atomic E-state index is 0.130. The van der Waals surface area contributed by atoms with Crippen molar-refractivity contribution >= 4 is 39.4 Å². The van der Waals surface area contributed by atoms with Crippen molar-refractivity contribution in [3.63, 3.8) is 0 Å². The minimum Gasteiger partial charge on any atom is -0.493 e. The largest absolute Gasteiger partial charge is 0.493 e. The Bertz CT molecular complexity index is 1180. The lowest BCUT2D eigenvalue weighted by atomic mass is 10.2. The molecule has 3 rings (SSSR count). The number of halogens is 2. The number of benzene rings is 3. The number of hydrazone groups is 1. The van der Waals surface area contributed by atoms with Gasteiger partial charge in [0, 0.05) is 15.6 Å². The number of nitrogens with zero attached hydrogens (tertiary/aromatic N) is 1. The van der Waals surface area contributed by atoms with Crippen LogP contribution < -0.4 is 14.3 Å². The number of ether oxygens (including phenoxy) is 2. The van der Waals surface area contributed by atoms with Gasteiger partial charge in [-0.2, -0.15) is 13.5 Å². The van der Waals surface area contributed by atoms with E-state index in [0.29, 0.717) is 32.7 Å². The minimum atomic E-state index is -3.76. The molecule has 0 aliphatic carbocycles. The fraction of sp³-hybridized carbons (Fsp3) is 0.136. The lowest BCUT2D eigenvalue weighted by Gasteiger charge is -2.13. The Kier molecular flexibility index (Phi) is 7.43. The Morgan fingerprint density at radius 1 is 1.00 bits per heavy atom. The van der Waals surface area contributed by atoms with E-state index in [0.717, 1.165) is 5.56 Å². The fourth-order valence-electron chi connectivity index (χ4n) is 2.65. The molecule has 0 saturated carbocycles. The summed E-state index contributed by atoms with van der Waals surface area (Å²) in [6, 6.07) is 16.8. The molecule has 0 unspecified atom stereocenters. The molecule has 162 valence electrons. The van der Waals surface area contributed by atoms with E-state index in [9.17, 15) is 8.42 Å². The lowest BCUT2D eigenvalue weighted by Crippen LogP contribution is -2.18. The molecule has 0 atom stereocenters. The number of hydrogen-bond acceptors (Lipinski definition) is 5. The van der Waals surface area contributed by atoms with Crippen molar-refractivity contribution < 1.29 is 17.9 Å². The highest BCUT2D eigenvalue weighted by molar-refractivity contribution is 7.89. The van der Waals surface area contributed by atoms with Gasteiger partial charge in [-0.1, -0.05) is 47.0 Å². The molecule has 31 heavy (non-hydrogen) atoms. The Labute approximate surface area is 191 Å². The van der Waals surface area contributed by atoms with Crippen LogP contribution in [-0.2, 0) is 16.6 Å². The molecule has 0 amide bonds. The van der Waals surface area contributed by atoms with Crippen LogP contribution in [0.5, 0.6) is 11.5 Å². The second-order valence-corrected chi connectivity index (χ2v) is 9.04. The SMILES string of the molecule is COc1ccc(/C=N/NS(=O)(=O)c2ccc(C)cc2)cc1OCc1c(Cl)cccc1Cl. The van der Waals surface area contributed by atoms with E-state index < -0.39 is 10.0 Å². The summed E-state index contributed by atoms with van der Waals surface area (Å²) in [7, 11) is -2.24. The summed E-state index contributed by atoms with van der Waals surface area (Å²) in [6.45, 7) is 2.01. The zero-order chi connectivity index (χ0) is 22.4. The topological polar surface area (TPSA) is 77.0 Å². The van der Waals surface area contributed by atoms with E-state index in [4.69, 9.17) is 32.7 Å². The van der Waals surface area contributed by atoms with Gasteiger partial charge in [-0.05, 0) is 55.0 Å². The first-order chi connectivity index (χ1) is 14.8. The molecule has 6 nitrogen and oxygen atoms in total. The van der Waals surface area contributed by atoms with Crippen LogP contribution in [0, 0.1) is 6.92 Å². The average molecular weight is 479 g/mol. The highest BCUT2D eigenvalue weighted by Crippen LogP contribution is 2.31. The zero-order valence-corrected chi connectivity index (χ0v) is 19.1. The predicted molar refractivity (Wildman–Crippen MR) is 123 cm³/mol. The van der Waals surface area contributed by atoms with E-state index in [1.165, 1.54) is 25.5 Å². The molecule has 0 aliphatic rings. The summed E-state index contributed by atoms with van der Waals surface area (Å²) >= 11 is 12.4. The molecule has 0 radical (unpaired) electrons. The van der Waals surface area contributed by atoms with E-state index in [1.807, 2.05) is 6.92 Å². The maximum absolute atomic E-state index is 12.3. The first-order valence-electron chi connectivity index (χ1n) is 9.15. The third-order valence-electron chi connectivity index (χ3n) is 4.34. The van der Waals surface area contributed by atoms with Crippen molar-refractivity contribution in [1.29, 1.82) is 0 Å². The first-order valence-corrected chi connectivity index (χ1v) is 11.4. The van der Waals surface area contributed by atoms with Crippen LogP contribution in [0.2, 0.25) is 10.0 Å². The Balaban J connectivity index is 1.74. The van der Waals surface area contributed by atoms with Crippen molar-refractivity contribution in [2.45, 2.75) is 18.4 Å². The van der Waals surface area contributed by atoms with Gasteiger partial charge in [0.05, 0.1) is 18.2 Å². The van der Waals surface area contributed by atoms with Crippen molar-refractivity contribution in [2.24, 2.45) is 5.10 Å². The molecule has 3 aromatic carbocycles. The van der Waals surface area contributed by atoms with Crippen molar-refractivity contribution in [2.75, 3.05) is 7.11 Å². The molecular formula is C22H20Cl2N2O4S. The molecule has 1 N–H and O–H groups in total. The summed E-state index contributed by atoms with van der Waals surface area (Å²) in [5.41, 5.74) is 2.22. The lowest BCUT2D eigenvalue weighted by molar-refractivity contribution is 0.284. The molecule has 0 heterocycles. The van der Waals surface area contributed by atoms with Crippen LogP contribution in [0.1, 0.15) is 16.7 Å². The van der Waals surface area contributed by atoms with Crippen molar-refractivity contribution in [3.8, 4) is 11.5 Å². The summed E-state index contributed by atoms with van der Waals surface area (Å²) < 4.78 is 35.8. The number of rotatable bonds is 8. The van der Waals surface area contributed by atoms with Gasteiger partial charge in [-0.3, -0.25) is 0 Å². The molecule has 3 aromatic rings.